The van der Waals surface area contributed by atoms with E-state index in [1.807, 2.05) is 7.05 Å². The van der Waals surface area contributed by atoms with Crippen molar-refractivity contribution in [1.82, 2.24) is 10.6 Å². The van der Waals surface area contributed by atoms with Crippen LogP contribution in [-0.2, 0) is 0 Å². The Hall–Kier alpha value is -0.580. The average molecular weight is 292 g/mol. The molecular formula is C10H12BrClN2O. The van der Waals surface area contributed by atoms with Crippen LogP contribution in [0.4, 0.5) is 0 Å². The average Bonchev–Trinajstić information content (AvgIpc) is 2.22. The zero-order valence-electron chi connectivity index (χ0n) is 8.31. The summed E-state index contributed by atoms with van der Waals surface area (Å²) < 4.78 is 0.839. The number of hydrogen-bond acceptors (Lipinski definition) is 2. The van der Waals surface area contributed by atoms with E-state index in [1.54, 1.807) is 18.2 Å². The second-order valence-electron chi connectivity index (χ2n) is 2.98. The highest BCUT2D eigenvalue weighted by molar-refractivity contribution is 9.10. The minimum absolute atomic E-state index is 0.156. The lowest BCUT2D eigenvalue weighted by Gasteiger charge is -2.06. The highest BCUT2D eigenvalue weighted by Gasteiger charge is 2.09. The van der Waals surface area contributed by atoms with E-state index in [9.17, 15) is 4.79 Å². The van der Waals surface area contributed by atoms with Crippen molar-refractivity contribution >= 4 is 33.4 Å². The number of rotatable bonds is 4. The first-order chi connectivity index (χ1) is 7.15. The van der Waals surface area contributed by atoms with Crippen LogP contribution in [0.15, 0.2) is 22.7 Å². The molecule has 1 amide bonds. The largest absolute Gasteiger partial charge is 0.351 e. The van der Waals surface area contributed by atoms with Crippen LogP contribution < -0.4 is 10.6 Å². The summed E-state index contributed by atoms with van der Waals surface area (Å²) in [6.45, 7) is 1.32. The molecule has 0 aliphatic rings. The van der Waals surface area contributed by atoms with Gasteiger partial charge in [-0.3, -0.25) is 4.79 Å². The van der Waals surface area contributed by atoms with Gasteiger partial charge in [-0.2, -0.15) is 0 Å². The second-order valence-corrected chi connectivity index (χ2v) is 4.31. The summed E-state index contributed by atoms with van der Waals surface area (Å²) in [6.07, 6.45) is 0. The first-order valence-electron chi connectivity index (χ1n) is 4.53. The van der Waals surface area contributed by atoms with Crippen LogP contribution in [0.5, 0.6) is 0 Å². The number of likely N-dealkylation sites (N-methyl/N-ethyl adjacent to an activating group) is 1. The Bertz CT molecular complexity index is 357. The van der Waals surface area contributed by atoms with Gasteiger partial charge in [-0.05, 0) is 25.2 Å². The summed E-state index contributed by atoms with van der Waals surface area (Å²) in [5, 5.41) is 6.16. The molecule has 82 valence electrons. The quantitative estimate of drug-likeness (QED) is 0.834. The number of amides is 1. The highest BCUT2D eigenvalue weighted by atomic mass is 79.9. The molecule has 0 spiro atoms. The van der Waals surface area contributed by atoms with E-state index < -0.39 is 0 Å². The predicted octanol–water partition coefficient (Wildman–Crippen LogP) is 2.05. The number of benzene rings is 1. The third kappa shape index (κ3) is 3.81. The molecule has 0 saturated carbocycles. The van der Waals surface area contributed by atoms with Crippen LogP contribution in [0, 0.1) is 0 Å². The summed E-state index contributed by atoms with van der Waals surface area (Å²) in [7, 11) is 1.83. The Morgan fingerprint density at radius 2 is 2.20 bits per heavy atom. The molecule has 0 saturated heterocycles. The molecule has 3 nitrogen and oxygen atoms in total. The van der Waals surface area contributed by atoms with E-state index in [1.165, 1.54) is 0 Å². The van der Waals surface area contributed by atoms with Crippen molar-refractivity contribution < 1.29 is 4.79 Å². The van der Waals surface area contributed by atoms with Crippen molar-refractivity contribution in [2.24, 2.45) is 0 Å². The molecule has 0 atom stereocenters. The van der Waals surface area contributed by atoms with E-state index >= 15 is 0 Å². The van der Waals surface area contributed by atoms with E-state index in [0.717, 1.165) is 11.0 Å². The molecule has 0 bridgehead atoms. The number of hydrogen-bond donors (Lipinski definition) is 2. The normalized spacial score (nSPS) is 10.1. The fourth-order valence-corrected chi connectivity index (χ4v) is 1.63. The molecule has 0 heterocycles. The third-order valence-electron chi connectivity index (χ3n) is 1.83. The van der Waals surface area contributed by atoms with Gasteiger partial charge in [-0.1, -0.05) is 27.5 Å². The maximum absolute atomic E-state index is 11.6. The minimum Gasteiger partial charge on any atom is -0.351 e. The Morgan fingerprint density at radius 1 is 1.47 bits per heavy atom. The highest BCUT2D eigenvalue weighted by Crippen LogP contribution is 2.20. The summed E-state index contributed by atoms with van der Waals surface area (Å²) in [5.41, 5.74) is 0.488. The predicted molar refractivity (Wildman–Crippen MR) is 65.4 cm³/mol. The molecule has 0 aromatic heterocycles. The molecule has 1 aromatic carbocycles. The van der Waals surface area contributed by atoms with E-state index in [4.69, 9.17) is 11.6 Å². The summed E-state index contributed by atoms with van der Waals surface area (Å²) in [6, 6.07) is 5.20. The van der Waals surface area contributed by atoms with Gasteiger partial charge in [0.15, 0.2) is 0 Å². The van der Waals surface area contributed by atoms with Crippen LogP contribution in [0.3, 0.4) is 0 Å². The lowest BCUT2D eigenvalue weighted by Crippen LogP contribution is -2.30. The van der Waals surface area contributed by atoms with Crippen molar-refractivity contribution in [3.05, 3.63) is 33.3 Å². The van der Waals surface area contributed by atoms with Crippen molar-refractivity contribution in [2.45, 2.75) is 0 Å². The zero-order valence-corrected chi connectivity index (χ0v) is 10.7. The van der Waals surface area contributed by atoms with Crippen LogP contribution in [0.25, 0.3) is 0 Å². The number of carbonyl (C=O) groups is 1. The van der Waals surface area contributed by atoms with Crippen LogP contribution in [-0.4, -0.2) is 26.0 Å². The molecule has 1 rings (SSSR count). The fraction of sp³-hybridized carbons (Fsp3) is 0.300. The maximum Gasteiger partial charge on any atom is 0.252 e. The van der Waals surface area contributed by atoms with E-state index in [0.29, 0.717) is 17.1 Å². The third-order valence-corrected chi connectivity index (χ3v) is 2.66. The molecule has 5 heteroatoms. The van der Waals surface area contributed by atoms with Crippen molar-refractivity contribution in [1.29, 1.82) is 0 Å². The SMILES string of the molecule is CNCCNC(=O)c1cc(Br)ccc1Cl. The molecule has 0 unspecified atom stereocenters. The van der Waals surface area contributed by atoms with Crippen LogP contribution in [0.1, 0.15) is 10.4 Å². The topological polar surface area (TPSA) is 41.1 Å². The monoisotopic (exact) mass is 290 g/mol. The maximum atomic E-state index is 11.6. The van der Waals surface area contributed by atoms with Gasteiger partial charge >= 0.3 is 0 Å². The Balaban J connectivity index is 2.68. The summed E-state index contributed by atoms with van der Waals surface area (Å²) >= 11 is 9.20. The van der Waals surface area contributed by atoms with Gasteiger partial charge in [0.25, 0.3) is 5.91 Å². The number of nitrogens with one attached hydrogen (secondary N) is 2. The van der Waals surface area contributed by atoms with Gasteiger partial charge in [0, 0.05) is 17.6 Å². The standard InChI is InChI=1S/C10H12BrClN2O/c1-13-4-5-14-10(15)8-6-7(11)2-3-9(8)12/h2-3,6,13H,4-5H2,1H3,(H,14,15). The molecule has 0 radical (unpaired) electrons. The second kappa shape index (κ2) is 6.10. The van der Waals surface area contributed by atoms with Gasteiger partial charge in [0.05, 0.1) is 10.6 Å². The molecule has 0 aliphatic carbocycles. The van der Waals surface area contributed by atoms with Crippen LogP contribution >= 0.6 is 27.5 Å². The van der Waals surface area contributed by atoms with E-state index in [-0.39, 0.29) is 5.91 Å². The van der Waals surface area contributed by atoms with Gasteiger partial charge in [-0.25, -0.2) is 0 Å². The smallest absolute Gasteiger partial charge is 0.252 e. The lowest BCUT2D eigenvalue weighted by atomic mass is 10.2. The molecular weight excluding hydrogens is 279 g/mol. The molecule has 15 heavy (non-hydrogen) atoms. The van der Waals surface area contributed by atoms with Gasteiger partial charge in [0.2, 0.25) is 0 Å². The number of carbonyl (C=O) groups excluding carboxylic acids is 1. The Morgan fingerprint density at radius 3 is 2.87 bits per heavy atom. The Labute approximate surface area is 102 Å². The van der Waals surface area contributed by atoms with Crippen LogP contribution in [0.2, 0.25) is 5.02 Å². The molecule has 1 aromatic rings. The van der Waals surface area contributed by atoms with Crippen molar-refractivity contribution in [3.63, 3.8) is 0 Å². The Kier molecular flexibility index (Phi) is 5.08. The first kappa shape index (κ1) is 12.5. The van der Waals surface area contributed by atoms with Gasteiger partial charge < -0.3 is 10.6 Å². The number of halogens is 2. The van der Waals surface area contributed by atoms with E-state index in [2.05, 4.69) is 26.6 Å². The first-order valence-corrected chi connectivity index (χ1v) is 5.70. The summed E-state index contributed by atoms with van der Waals surface area (Å²) in [5.74, 6) is -0.156. The van der Waals surface area contributed by atoms with Crippen molar-refractivity contribution in [3.8, 4) is 0 Å². The molecule has 0 aliphatic heterocycles. The van der Waals surface area contributed by atoms with Gasteiger partial charge in [-0.15, -0.1) is 0 Å². The van der Waals surface area contributed by atoms with Crippen molar-refractivity contribution in [2.75, 3.05) is 20.1 Å². The minimum atomic E-state index is -0.156. The van der Waals surface area contributed by atoms with Gasteiger partial charge in [0.1, 0.15) is 0 Å². The fourth-order valence-electron chi connectivity index (χ4n) is 1.07. The molecule has 2 N–H and O–H groups in total. The zero-order chi connectivity index (χ0) is 11.3. The lowest BCUT2D eigenvalue weighted by molar-refractivity contribution is 0.0954. The molecule has 0 fully saturated rings. The summed E-state index contributed by atoms with van der Waals surface area (Å²) in [4.78, 5) is 11.6.